The smallest absolute Gasteiger partial charge is 0.319 e. The number of hydrogen-bond acceptors (Lipinski definition) is 7. The molecule has 0 bridgehead atoms. The summed E-state index contributed by atoms with van der Waals surface area (Å²) in [7, 11) is 0. The van der Waals surface area contributed by atoms with E-state index in [1.54, 1.807) is 24.3 Å². The number of rotatable bonds is 5. The Bertz CT molecular complexity index is 1120. The largest absolute Gasteiger partial charge is 0.454 e. The number of benzene rings is 1. The van der Waals surface area contributed by atoms with Crippen molar-refractivity contribution in [3.05, 3.63) is 51.4 Å². The molecule has 4 rings (SSSR count). The first kappa shape index (κ1) is 18.9. The lowest BCUT2D eigenvalue weighted by Gasteiger charge is -2.10. The molecule has 3 aromatic rings. The van der Waals surface area contributed by atoms with Gasteiger partial charge in [-0.25, -0.2) is 14.5 Å². The lowest BCUT2D eigenvalue weighted by atomic mass is 10.3. The molecule has 29 heavy (non-hydrogen) atoms. The lowest BCUT2D eigenvalue weighted by molar-refractivity contribution is 0.174. The monoisotopic (exact) mass is 413 g/mol. The van der Waals surface area contributed by atoms with Gasteiger partial charge in [0.15, 0.2) is 11.5 Å². The van der Waals surface area contributed by atoms with E-state index in [2.05, 4.69) is 20.7 Å². The Balaban J connectivity index is 1.36. The van der Waals surface area contributed by atoms with Gasteiger partial charge in [0.05, 0.1) is 22.1 Å². The highest BCUT2D eigenvalue weighted by Crippen LogP contribution is 2.34. The zero-order chi connectivity index (χ0) is 20.4. The highest BCUT2D eigenvalue weighted by atomic mass is 32.1. The molecule has 2 N–H and O–H groups in total. The molecular weight excluding hydrogens is 394 g/mol. The Morgan fingerprint density at radius 2 is 2.03 bits per heavy atom. The number of ether oxygens (including phenoxy) is 2. The van der Waals surface area contributed by atoms with Crippen LogP contribution in [0.4, 0.5) is 10.5 Å². The van der Waals surface area contributed by atoms with Crippen molar-refractivity contribution in [2.45, 2.75) is 20.4 Å². The van der Waals surface area contributed by atoms with E-state index >= 15 is 0 Å². The van der Waals surface area contributed by atoms with Gasteiger partial charge in [-0.15, -0.1) is 11.3 Å². The van der Waals surface area contributed by atoms with Crippen LogP contribution in [0.2, 0.25) is 0 Å². The highest BCUT2D eigenvalue weighted by molar-refractivity contribution is 7.15. The number of aromatic nitrogens is 3. The molecule has 9 nitrogen and oxygen atoms in total. The lowest BCUT2D eigenvalue weighted by Crippen LogP contribution is -2.34. The summed E-state index contributed by atoms with van der Waals surface area (Å²) in [5.41, 5.74) is 1.93. The molecule has 0 radical (unpaired) electrons. The van der Waals surface area contributed by atoms with Crippen LogP contribution in [0.25, 0.3) is 10.6 Å². The number of nitrogens with zero attached hydrogens (tertiary/aromatic N) is 3. The number of amides is 2. The van der Waals surface area contributed by atoms with Gasteiger partial charge in [-0.3, -0.25) is 4.79 Å². The minimum Gasteiger partial charge on any atom is -0.454 e. The van der Waals surface area contributed by atoms with E-state index in [1.807, 2.05) is 13.8 Å². The minimum absolute atomic E-state index is 0.173. The molecule has 0 aliphatic carbocycles. The molecule has 1 aliphatic rings. The molecule has 1 aromatic carbocycles. The van der Waals surface area contributed by atoms with Crippen molar-refractivity contribution in [2.75, 3.05) is 18.7 Å². The van der Waals surface area contributed by atoms with Crippen molar-refractivity contribution in [2.24, 2.45) is 0 Å². The van der Waals surface area contributed by atoms with E-state index in [1.165, 1.54) is 22.1 Å². The first-order chi connectivity index (χ1) is 14.0. The van der Waals surface area contributed by atoms with E-state index < -0.39 is 0 Å². The topological polar surface area (TPSA) is 107 Å². The Kier molecular flexibility index (Phi) is 5.17. The third-order valence-corrected chi connectivity index (χ3v) is 5.34. The number of anilines is 1. The van der Waals surface area contributed by atoms with E-state index in [0.717, 1.165) is 15.6 Å². The van der Waals surface area contributed by atoms with E-state index in [9.17, 15) is 9.59 Å². The Hall–Kier alpha value is -3.40. The first-order valence-electron chi connectivity index (χ1n) is 8.97. The number of aryl methyl sites for hydroxylation is 2. The van der Waals surface area contributed by atoms with Crippen molar-refractivity contribution in [3.63, 3.8) is 0 Å². The summed E-state index contributed by atoms with van der Waals surface area (Å²) in [6, 6.07) is 7.93. The molecule has 0 atom stereocenters. The van der Waals surface area contributed by atoms with Crippen molar-refractivity contribution in [1.29, 1.82) is 0 Å². The van der Waals surface area contributed by atoms with Gasteiger partial charge in [0.1, 0.15) is 5.69 Å². The number of nitrogens with one attached hydrogen (secondary N) is 2. The van der Waals surface area contributed by atoms with Crippen molar-refractivity contribution >= 4 is 23.1 Å². The summed E-state index contributed by atoms with van der Waals surface area (Å²) in [4.78, 5) is 29.5. The molecule has 2 aromatic heterocycles. The van der Waals surface area contributed by atoms with Crippen LogP contribution in [0.3, 0.4) is 0 Å². The first-order valence-corrected chi connectivity index (χ1v) is 9.78. The summed E-state index contributed by atoms with van der Waals surface area (Å²) in [5, 5.41) is 10.8. The van der Waals surface area contributed by atoms with Crippen molar-refractivity contribution in [3.8, 4) is 22.1 Å². The van der Waals surface area contributed by atoms with E-state index in [0.29, 0.717) is 22.9 Å². The van der Waals surface area contributed by atoms with Gasteiger partial charge in [-0.05, 0) is 32.0 Å². The van der Waals surface area contributed by atoms with Crippen LogP contribution >= 0.6 is 11.3 Å². The van der Waals surface area contributed by atoms with Gasteiger partial charge in [0.25, 0.3) is 5.56 Å². The van der Waals surface area contributed by atoms with Crippen LogP contribution in [0.15, 0.2) is 35.1 Å². The second-order valence-electron chi connectivity index (χ2n) is 6.38. The van der Waals surface area contributed by atoms with Gasteiger partial charge < -0.3 is 20.1 Å². The third kappa shape index (κ3) is 4.21. The van der Waals surface area contributed by atoms with Gasteiger partial charge in [0.2, 0.25) is 6.79 Å². The number of hydrogen-bond donors (Lipinski definition) is 2. The highest BCUT2D eigenvalue weighted by Gasteiger charge is 2.14. The number of carbonyl (C=O) groups excluding carboxylic acids is 1. The fraction of sp³-hybridized carbons (Fsp3) is 0.263. The molecule has 3 heterocycles. The SMILES string of the molecule is Cc1nc(C)c(-c2ccc(=O)n(CCNC(=O)Nc3ccc4c(c3)OCO4)n2)s1. The van der Waals surface area contributed by atoms with Gasteiger partial charge >= 0.3 is 6.03 Å². The molecule has 10 heteroatoms. The van der Waals surface area contributed by atoms with Gasteiger partial charge in [-0.1, -0.05) is 0 Å². The molecular formula is C19H19N5O4S. The number of fused-ring (bicyclic) bond motifs is 1. The van der Waals surface area contributed by atoms with Crippen LogP contribution < -0.4 is 25.7 Å². The van der Waals surface area contributed by atoms with Crippen LogP contribution in [0, 0.1) is 13.8 Å². The summed E-state index contributed by atoms with van der Waals surface area (Å²) in [6.07, 6.45) is 0. The summed E-state index contributed by atoms with van der Waals surface area (Å²) in [5.74, 6) is 1.23. The Labute approximate surface area is 170 Å². The molecule has 0 saturated heterocycles. The second kappa shape index (κ2) is 7.92. The number of carbonyl (C=O) groups is 1. The van der Waals surface area contributed by atoms with Crippen molar-refractivity contribution in [1.82, 2.24) is 20.1 Å². The normalized spacial score (nSPS) is 12.1. The molecule has 0 saturated carbocycles. The Morgan fingerprint density at radius 1 is 1.21 bits per heavy atom. The molecule has 150 valence electrons. The van der Waals surface area contributed by atoms with Crippen LogP contribution in [-0.4, -0.2) is 34.1 Å². The number of thiazole rings is 1. The molecule has 2 amide bonds. The van der Waals surface area contributed by atoms with Crippen LogP contribution in [0.1, 0.15) is 10.7 Å². The fourth-order valence-corrected chi connectivity index (χ4v) is 3.81. The van der Waals surface area contributed by atoms with Gasteiger partial charge in [0, 0.05) is 24.4 Å². The fourth-order valence-electron chi connectivity index (χ4n) is 2.92. The maximum Gasteiger partial charge on any atom is 0.319 e. The summed E-state index contributed by atoms with van der Waals surface area (Å²) >= 11 is 1.53. The van der Waals surface area contributed by atoms with Crippen molar-refractivity contribution < 1.29 is 14.3 Å². The third-order valence-electron chi connectivity index (χ3n) is 4.24. The predicted octanol–water partition coefficient (Wildman–Crippen LogP) is 2.53. The molecule has 0 unspecified atom stereocenters. The van der Waals surface area contributed by atoms with Gasteiger partial charge in [-0.2, -0.15) is 5.10 Å². The van der Waals surface area contributed by atoms with Crippen LogP contribution in [0.5, 0.6) is 11.5 Å². The summed E-state index contributed by atoms with van der Waals surface area (Å²) in [6.45, 7) is 4.51. The average Bonchev–Trinajstić information content (AvgIpc) is 3.28. The average molecular weight is 413 g/mol. The predicted molar refractivity (Wildman–Crippen MR) is 109 cm³/mol. The molecule has 1 aliphatic heterocycles. The molecule has 0 spiro atoms. The van der Waals surface area contributed by atoms with E-state index in [-0.39, 0.29) is 31.5 Å². The standard InChI is InChI=1S/C19H19N5O4S/c1-11-18(29-12(2)21-11)14-4-6-17(25)24(23-14)8-7-20-19(26)22-13-3-5-15-16(9-13)28-10-27-15/h3-6,9H,7-8,10H2,1-2H3,(H2,20,22,26). The zero-order valence-corrected chi connectivity index (χ0v) is 16.7. The second-order valence-corrected chi connectivity index (χ2v) is 7.58. The quantitative estimate of drug-likeness (QED) is 0.666. The Morgan fingerprint density at radius 3 is 2.83 bits per heavy atom. The van der Waals surface area contributed by atoms with E-state index in [4.69, 9.17) is 9.47 Å². The molecule has 0 fully saturated rings. The van der Waals surface area contributed by atoms with Crippen LogP contribution in [-0.2, 0) is 6.54 Å². The number of urea groups is 1. The maximum absolute atomic E-state index is 12.1. The summed E-state index contributed by atoms with van der Waals surface area (Å²) < 4.78 is 11.9. The zero-order valence-electron chi connectivity index (χ0n) is 15.9. The minimum atomic E-state index is -0.387. The maximum atomic E-state index is 12.1.